The minimum absolute atomic E-state index is 0.0114. The van der Waals surface area contributed by atoms with Crippen LogP contribution >= 0.6 is 0 Å². The van der Waals surface area contributed by atoms with Crippen LogP contribution in [0, 0.1) is 6.61 Å². The molecule has 0 aliphatic rings. The second-order valence-corrected chi connectivity index (χ2v) is 3.58. The van der Waals surface area contributed by atoms with Crippen molar-refractivity contribution in [3.8, 4) is 0 Å². The van der Waals surface area contributed by atoms with E-state index in [0.717, 1.165) is 25.9 Å². The Labute approximate surface area is 76.3 Å². The SMILES string of the molecule is CCCC(C)(C)O[CH]CCOC. The van der Waals surface area contributed by atoms with Crippen molar-refractivity contribution in [1.29, 1.82) is 0 Å². The Morgan fingerprint density at radius 2 is 2.00 bits per heavy atom. The largest absolute Gasteiger partial charge is 0.385 e. The monoisotopic (exact) mass is 173 g/mol. The highest BCUT2D eigenvalue weighted by Gasteiger charge is 2.16. The van der Waals surface area contributed by atoms with Gasteiger partial charge in [-0.05, 0) is 26.7 Å². The van der Waals surface area contributed by atoms with Crippen LogP contribution in [-0.2, 0) is 9.47 Å². The Balaban J connectivity index is 3.33. The van der Waals surface area contributed by atoms with Crippen LogP contribution in [0.15, 0.2) is 0 Å². The van der Waals surface area contributed by atoms with E-state index in [-0.39, 0.29) is 5.60 Å². The molecule has 0 aliphatic heterocycles. The maximum Gasteiger partial charge on any atom is 0.0867 e. The van der Waals surface area contributed by atoms with Crippen molar-refractivity contribution in [1.82, 2.24) is 0 Å². The third kappa shape index (κ3) is 6.62. The van der Waals surface area contributed by atoms with Crippen molar-refractivity contribution in [3.05, 3.63) is 6.61 Å². The van der Waals surface area contributed by atoms with Gasteiger partial charge in [0.05, 0.1) is 12.2 Å². The molecule has 0 spiro atoms. The van der Waals surface area contributed by atoms with Gasteiger partial charge in [-0.15, -0.1) is 0 Å². The van der Waals surface area contributed by atoms with Gasteiger partial charge in [0.15, 0.2) is 0 Å². The van der Waals surface area contributed by atoms with E-state index in [1.165, 1.54) is 0 Å². The average Bonchev–Trinajstić information content (AvgIpc) is 1.98. The minimum atomic E-state index is -0.0114. The van der Waals surface area contributed by atoms with E-state index in [4.69, 9.17) is 9.47 Å². The lowest BCUT2D eigenvalue weighted by molar-refractivity contribution is 0.00938. The maximum absolute atomic E-state index is 5.57. The van der Waals surface area contributed by atoms with Crippen molar-refractivity contribution in [2.24, 2.45) is 0 Å². The van der Waals surface area contributed by atoms with Crippen LogP contribution in [0.3, 0.4) is 0 Å². The van der Waals surface area contributed by atoms with Gasteiger partial charge >= 0.3 is 0 Å². The van der Waals surface area contributed by atoms with E-state index in [1.54, 1.807) is 7.11 Å². The molecule has 0 rings (SSSR count). The Bertz CT molecular complexity index is 100. The number of hydrogen-bond acceptors (Lipinski definition) is 2. The molecule has 0 bridgehead atoms. The molecule has 0 saturated carbocycles. The molecule has 0 unspecified atom stereocenters. The second-order valence-electron chi connectivity index (χ2n) is 3.58. The summed E-state index contributed by atoms with van der Waals surface area (Å²) in [7, 11) is 1.70. The first-order chi connectivity index (χ1) is 5.62. The zero-order valence-corrected chi connectivity index (χ0v) is 8.72. The van der Waals surface area contributed by atoms with Crippen molar-refractivity contribution >= 4 is 0 Å². The molecule has 0 fully saturated rings. The van der Waals surface area contributed by atoms with E-state index < -0.39 is 0 Å². The molecule has 0 aromatic carbocycles. The zero-order valence-electron chi connectivity index (χ0n) is 8.72. The molecular formula is C10H21O2. The van der Waals surface area contributed by atoms with E-state index in [0.29, 0.717) is 0 Å². The molecule has 73 valence electrons. The third-order valence-electron chi connectivity index (χ3n) is 1.69. The molecule has 0 saturated heterocycles. The van der Waals surface area contributed by atoms with Crippen LogP contribution in [0.25, 0.3) is 0 Å². The molecule has 2 heteroatoms. The van der Waals surface area contributed by atoms with E-state index in [1.807, 2.05) is 6.61 Å². The van der Waals surface area contributed by atoms with Crippen molar-refractivity contribution in [2.75, 3.05) is 13.7 Å². The van der Waals surface area contributed by atoms with Gasteiger partial charge in [0, 0.05) is 13.7 Å². The summed E-state index contributed by atoms with van der Waals surface area (Å²) in [5.41, 5.74) is -0.0114. The average molecular weight is 173 g/mol. The molecule has 2 nitrogen and oxygen atoms in total. The summed E-state index contributed by atoms with van der Waals surface area (Å²) in [6, 6.07) is 0. The molecule has 0 heterocycles. The van der Waals surface area contributed by atoms with Gasteiger partial charge in [-0.1, -0.05) is 13.3 Å². The van der Waals surface area contributed by atoms with Gasteiger partial charge in [-0.2, -0.15) is 0 Å². The predicted octanol–water partition coefficient (Wildman–Crippen LogP) is 2.78. The highest BCUT2D eigenvalue weighted by molar-refractivity contribution is 4.70. The fourth-order valence-corrected chi connectivity index (χ4v) is 1.11. The Morgan fingerprint density at radius 3 is 2.50 bits per heavy atom. The number of ether oxygens (including phenoxy) is 2. The Morgan fingerprint density at radius 1 is 1.33 bits per heavy atom. The second kappa shape index (κ2) is 6.44. The molecule has 0 N–H and O–H groups in total. The fourth-order valence-electron chi connectivity index (χ4n) is 1.11. The van der Waals surface area contributed by atoms with Crippen molar-refractivity contribution in [3.63, 3.8) is 0 Å². The van der Waals surface area contributed by atoms with Crippen LogP contribution in [0.5, 0.6) is 0 Å². The fraction of sp³-hybridized carbons (Fsp3) is 0.900. The molecule has 12 heavy (non-hydrogen) atoms. The molecule has 0 aromatic heterocycles. The summed E-state index contributed by atoms with van der Waals surface area (Å²) in [6.07, 6.45) is 3.12. The van der Waals surface area contributed by atoms with Gasteiger partial charge < -0.3 is 9.47 Å². The Hall–Kier alpha value is -0.0800. The minimum Gasteiger partial charge on any atom is -0.385 e. The van der Waals surface area contributed by atoms with Crippen LogP contribution in [0.2, 0.25) is 0 Å². The quantitative estimate of drug-likeness (QED) is 0.551. The molecule has 0 amide bonds. The van der Waals surface area contributed by atoms with Gasteiger partial charge in [0.2, 0.25) is 0 Å². The molecule has 1 radical (unpaired) electrons. The van der Waals surface area contributed by atoms with Crippen molar-refractivity contribution in [2.45, 2.75) is 45.6 Å². The topological polar surface area (TPSA) is 18.5 Å². The summed E-state index contributed by atoms with van der Waals surface area (Å²) in [5.74, 6) is 0. The van der Waals surface area contributed by atoms with E-state index in [9.17, 15) is 0 Å². The first-order valence-corrected chi connectivity index (χ1v) is 4.61. The van der Waals surface area contributed by atoms with Gasteiger partial charge in [0.25, 0.3) is 0 Å². The number of hydrogen-bond donors (Lipinski definition) is 0. The van der Waals surface area contributed by atoms with Crippen LogP contribution < -0.4 is 0 Å². The van der Waals surface area contributed by atoms with Gasteiger partial charge in [-0.3, -0.25) is 0 Å². The Kier molecular flexibility index (Phi) is 6.39. The first-order valence-electron chi connectivity index (χ1n) is 4.61. The lowest BCUT2D eigenvalue weighted by atomic mass is 10.0. The van der Waals surface area contributed by atoms with Gasteiger partial charge in [0.1, 0.15) is 0 Å². The summed E-state index contributed by atoms with van der Waals surface area (Å²) >= 11 is 0. The van der Waals surface area contributed by atoms with E-state index in [2.05, 4.69) is 20.8 Å². The summed E-state index contributed by atoms with van der Waals surface area (Å²) in [6.45, 7) is 8.97. The summed E-state index contributed by atoms with van der Waals surface area (Å²) < 4.78 is 10.5. The number of rotatable bonds is 7. The summed E-state index contributed by atoms with van der Waals surface area (Å²) in [5, 5.41) is 0. The highest BCUT2D eigenvalue weighted by atomic mass is 16.5. The summed E-state index contributed by atoms with van der Waals surface area (Å²) in [4.78, 5) is 0. The van der Waals surface area contributed by atoms with Crippen molar-refractivity contribution < 1.29 is 9.47 Å². The van der Waals surface area contributed by atoms with Crippen LogP contribution in [-0.4, -0.2) is 19.3 Å². The highest BCUT2D eigenvalue weighted by Crippen LogP contribution is 2.17. The molecule has 0 aromatic rings. The normalized spacial score (nSPS) is 12.0. The lowest BCUT2D eigenvalue weighted by Crippen LogP contribution is -2.22. The predicted molar refractivity (Wildman–Crippen MR) is 50.9 cm³/mol. The maximum atomic E-state index is 5.57. The van der Waals surface area contributed by atoms with Crippen LogP contribution in [0.1, 0.15) is 40.0 Å². The standard InChI is InChI=1S/C10H21O2/c1-5-7-10(2,3)12-9-6-8-11-4/h9H,5-8H2,1-4H3. The molecule has 0 aliphatic carbocycles. The number of methoxy groups -OCH3 is 1. The molecule has 0 atom stereocenters. The van der Waals surface area contributed by atoms with Crippen LogP contribution in [0.4, 0.5) is 0 Å². The first kappa shape index (κ1) is 11.9. The lowest BCUT2D eigenvalue weighted by Gasteiger charge is -2.24. The van der Waals surface area contributed by atoms with Gasteiger partial charge in [-0.25, -0.2) is 0 Å². The van der Waals surface area contributed by atoms with E-state index >= 15 is 0 Å². The molecular weight excluding hydrogens is 152 g/mol. The third-order valence-corrected chi connectivity index (χ3v) is 1.69. The zero-order chi connectivity index (χ0) is 9.45. The smallest absolute Gasteiger partial charge is 0.0867 e.